The third-order valence-electron chi connectivity index (χ3n) is 3.26. The molecule has 2 aromatic rings. The number of amides is 1. The van der Waals surface area contributed by atoms with Crippen molar-refractivity contribution in [1.82, 2.24) is 9.88 Å². The van der Waals surface area contributed by atoms with Crippen LogP contribution in [-0.2, 0) is 0 Å². The van der Waals surface area contributed by atoms with Crippen LogP contribution < -0.4 is 0 Å². The van der Waals surface area contributed by atoms with E-state index in [2.05, 4.69) is 20.9 Å². The van der Waals surface area contributed by atoms with Crippen molar-refractivity contribution >= 4 is 21.8 Å². The third kappa shape index (κ3) is 3.44. The SMILES string of the molecule is CC(c1ccc(F)c(F)c1)N(C)C(=O)c1cccc(Br)n1. The number of carbonyl (C=O) groups excluding carboxylic acids is 1. The number of nitrogens with zero attached hydrogens (tertiary/aromatic N) is 2. The maximum atomic E-state index is 13.3. The lowest BCUT2D eigenvalue weighted by atomic mass is 10.1. The minimum Gasteiger partial charge on any atom is -0.334 e. The number of benzene rings is 1. The molecule has 1 unspecified atom stereocenters. The minimum absolute atomic E-state index is 0.279. The Morgan fingerprint density at radius 3 is 2.57 bits per heavy atom. The van der Waals surface area contributed by atoms with Crippen molar-refractivity contribution in [2.24, 2.45) is 0 Å². The predicted molar refractivity (Wildman–Crippen MR) is 78.8 cm³/mol. The van der Waals surface area contributed by atoms with Crippen molar-refractivity contribution in [1.29, 1.82) is 0 Å². The van der Waals surface area contributed by atoms with E-state index in [9.17, 15) is 13.6 Å². The van der Waals surface area contributed by atoms with E-state index in [1.165, 1.54) is 11.0 Å². The van der Waals surface area contributed by atoms with Crippen LogP contribution >= 0.6 is 15.9 Å². The minimum atomic E-state index is -0.930. The number of carbonyl (C=O) groups is 1. The summed E-state index contributed by atoms with van der Waals surface area (Å²) >= 11 is 3.21. The Morgan fingerprint density at radius 2 is 1.95 bits per heavy atom. The second-order valence-corrected chi connectivity index (χ2v) is 5.42. The number of rotatable bonds is 3. The first-order valence-electron chi connectivity index (χ1n) is 6.25. The first-order chi connectivity index (χ1) is 9.90. The van der Waals surface area contributed by atoms with Crippen LogP contribution in [0.3, 0.4) is 0 Å². The van der Waals surface area contributed by atoms with Gasteiger partial charge in [0.25, 0.3) is 5.91 Å². The summed E-state index contributed by atoms with van der Waals surface area (Å²) in [5.74, 6) is -2.14. The molecule has 1 aromatic carbocycles. The molecular weight excluding hydrogens is 342 g/mol. The van der Waals surface area contributed by atoms with Crippen molar-refractivity contribution in [3.05, 3.63) is 63.9 Å². The highest BCUT2D eigenvalue weighted by atomic mass is 79.9. The van der Waals surface area contributed by atoms with Gasteiger partial charge in [-0.1, -0.05) is 12.1 Å². The molecule has 0 spiro atoms. The van der Waals surface area contributed by atoms with Gasteiger partial charge in [-0.3, -0.25) is 4.79 Å². The first-order valence-corrected chi connectivity index (χ1v) is 7.04. The Labute approximate surface area is 129 Å². The van der Waals surface area contributed by atoms with Crippen molar-refractivity contribution in [2.75, 3.05) is 7.05 Å². The van der Waals surface area contributed by atoms with E-state index in [1.807, 2.05) is 0 Å². The van der Waals surface area contributed by atoms with Gasteiger partial charge in [-0.15, -0.1) is 0 Å². The molecule has 3 nitrogen and oxygen atoms in total. The van der Waals surface area contributed by atoms with Gasteiger partial charge < -0.3 is 4.90 Å². The third-order valence-corrected chi connectivity index (χ3v) is 3.70. The predicted octanol–water partition coefficient (Wildman–Crippen LogP) is 3.96. The summed E-state index contributed by atoms with van der Waals surface area (Å²) in [6.45, 7) is 1.74. The van der Waals surface area contributed by atoms with E-state index in [0.717, 1.165) is 12.1 Å². The summed E-state index contributed by atoms with van der Waals surface area (Å²) in [6.07, 6.45) is 0. The van der Waals surface area contributed by atoms with E-state index in [0.29, 0.717) is 10.2 Å². The summed E-state index contributed by atoms with van der Waals surface area (Å²) in [4.78, 5) is 17.9. The fourth-order valence-electron chi connectivity index (χ4n) is 1.88. The fourth-order valence-corrected chi connectivity index (χ4v) is 2.22. The molecule has 1 atom stereocenters. The summed E-state index contributed by atoms with van der Waals surface area (Å²) in [5.41, 5.74) is 0.793. The van der Waals surface area contributed by atoms with E-state index in [-0.39, 0.29) is 11.6 Å². The molecule has 1 heterocycles. The van der Waals surface area contributed by atoms with Gasteiger partial charge in [-0.05, 0) is 52.7 Å². The van der Waals surface area contributed by atoms with Gasteiger partial charge in [0.2, 0.25) is 0 Å². The van der Waals surface area contributed by atoms with Gasteiger partial charge in [0.1, 0.15) is 10.3 Å². The Morgan fingerprint density at radius 1 is 1.24 bits per heavy atom. The van der Waals surface area contributed by atoms with E-state index in [1.54, 1.807) is 32.2 Å². The number of halogens is 3. The Hall–Kier alpha value is -1.82. The Bertz CT molecular complexity index is 678. The molecule has 6 heteroatoms. The van der Waals surface area contributed by atoms with Gasteiger partial charge in [0, 0.05) is 7.05 Å². The average molecular weight is 355 g/mol. The van der Waals surface area contributed by atoms with Crippen molar-refractivity contribution in [3.8, 4) is 0 Å². The van der Waals surface area contributed by atoms with Crippen LogP contribution in [0.1, 0.15) is 29.0 Å². The van der Waals surface area contributed by atoms with Crippen LogP contribution in [0, 0.1) is 11.6 Å². The normalized spacial score (nSPS) is 12.0. The lowest BCUT2D eigenvalue weighted by Gasteiger charge is -2.25. The molecule has 0 aliphatic carbocycles. The summed E-state index contributed by atoms with van der Waals surface area (Å²) < 4.78 is 26.8. The van der Waals surface area contributed by atoms with Gasteiger partial charge in [-0.2, -0.15) is 0 Å². The smallest absolute Gasteiger partial charge is 0.272 e. The van der Waals surface area contributed by atoms with Crippen LogP contribution in [0.2, 0.25) is 0 Å². The molecule has 0 bridgehead atoms. The van der Waals surface area contributed by atoms with Crippen LogP contribution in [0.25, 0.3) is 0 Å². The maximum Gasteiger partial charge on any atom is 0.272 e. The van der Waals surface area contributed by atoms with E-state index < -0.39 is 17.7 Å². The summed E-state index contributed by atoms with van der Waals surface area (Å²) in [5, 5.41) is 0. The average Bonchev–Trinajstić information content (AvgIpc) is 2.47. The van der Waals surface area contributed by atoms with E-state index in [4.69, 9.17) is 0 Å². The topological polar surface area (TPSA) is 33.2 Å². The summed E-state index contributed by atoms with van der Waals surface area (Å²) in [6, 6.07) is 8.22. The molecule has 110 valence electrons. The highest BCUT2D eigenvalue weighted by Crippen LogP contribution is 2.22. The lowest BCUT2D eigenvalue weighted by molar-refractivity contribution is 0.0736. The standard InChI is InChI=1S/C15H13BrF2N2O/c1-9(10-6-7-11(17)12(18)8-10)20(2)15(21)13-4-3-5-14(16)19-13/h3-9H,1-2H3. The molecule has 0 radical (unpaired) electrons. The quantitative estimate of drug-likeness (QED) is 0.781. The Kier molecular flexibility index (Phi) is 4.67. The van der Waals surface area contributed by atoms with Gasteiger partial charge in [0.05, 0.1) is 6.04 Å². The zero-order chi connectivity index (χ0) is 15.6. The molecule has 0 aliphatic heterocycles. The molecular formula is C15H13BrF2N2O. The zero-order valence-electron chi connectivity index (χ0n) is 11.5. The van der Waals surface area contributed by atoms with Crippen LogP contribution in [-0.4, -0.2) is 22.8 Å². The molecule has 0 saturated carbocycles. The second kappa shape index (κ2) is 6.30. The number of hydrogen-bond donors (Lipinski definition) is 0. The van der Waals surface area contributed by atoms with Crippen molar-refractivity contribution < 1.29 is 13.6 Å². The fraction of sp³-hybridized carbons (Fsp3) is 0.200. The molecule has 0 aliphatic rings. The first kappa shape index (κ1) is 15.6. The lowest BCUT2D eigenvalue weighted by Crippen LogP contribution is -2.30. The zero-order valence-corrected chi connectivity index (χ0v) is 13.1. The van der Waals surface area contributed by atoms with Crippen molar-refractivity contribution in [2.45, 2.75) is 13.0 Å². The second-order valence-electron chi connectivity index (χ2n) is 4.61. The van der Waals surface area contributed by atoms with Crippen molar-refractivity contribution in [3.63, 3.8) is 0 Å². The molecule has 1 aromatic heterocycles. The number of hydrogen-bond acceptors (Lipinski definition) is 2. The highest BCUT2D eigenvalue weighted by molar-refractivity contribution is 9.10. The molecule has 2 rings (SSSR count). The molecule has 0 N–H and O–H groups in total. The largest absolute Gasteiger partial charge is 0.334 e. The Balaban J connectivity index is 2.24. The van der Waals surface area contributed by atoms with Gasteiger partial charge in [0.15, 0.2) is 11.6 Å². The monoisotopic (exact) mass is 354 g/mol. The van der Waals surface area contributed by atoms with E-state index >= 15 is 0 Å². The molecule has 0 fully saturated rings. The van der Waals surface area contributed by atoms with Gasteiger partial charge in [-0.25, -0.2) is 13.8 Å². The molecule has 1 amide bonds. The van der Waals surface area contributed by atoms with Crippen LogP contribution in [0.15, 0.2) is 41.0 Å². The molecule has 0 saturated heterocycles. The maximum absolute atomic E-state index is 13.3. The van der Waals surface area contributed by atoms with Crippen LogP contribution in [0.5, 0.6) is 0 Å². The molecule has 21 heavy (non-hydrogen) atoms. The summed E-state index contributed by atoms with van der Waals surface area (Å²) in [7, 11) is 1.59. The highest BCUT2D eigenvalue weighted by Gasteiger charge is 2.21. The van der Waals surface area contributed by atoms with Gasteiger partial charge >= 0.3 is 0 Å². The number of aromatic nitrogens is 1. The number of pyridine rings is 1. The van der Waals surface area contributed by atoms with Crippen LogP contribution in [0.4, 0.5) is 8.78 Å².